The first-order chi connectivity index (χ1) is 14.5. The number of ether oxygens (including phenoxy) is 2. The smallest absolute Gasteiger partial charge is 0.327 e. The number of nitrogens with two attached hydrogens (primary N) is 1. The van der Waals surface area contributed by atoms with Crippen molar-refractivity contribution >= 4 is 23.0 Å². The van der Waals surface area contributed by atoms with E-state index in [2.05, 4.69) is 21.9 Å². The Bertz CT molecular complexity index is 1070. The Kier molecular flexibility index (Phi) is 7.05. The minimum Gasteiger partial charge on any atom is -0.469 e. The van der Waals surface area contributed by atoms with Crippen LogP contribution >= 0.6 is 0 Å². The van der Waals surface area contributed by atoms with E-state index < -0.39 is 0 Å². The zero-order valence-corrected chi connectivity index (χ0v) is 17.3. The maximum atomic E-state index is 12.4. The van der Waals surface area contributed by atoms with Crippen LogP contribution in [0.3, 0.4) is 0 Å². The van der Waals surface area contributed by atoms with Gasteiger partial charge in [0.25, 0.3) is 0 Å². The second kappa shape index (κ2) is 9.91. The van der Waals surface area contributed by atoms with Gasteiger partial charge in [0, 0.05) is 6.54 Å². The standard InChI is InChI=1S/C21H27N5O4/c1-3-4-11-30-20-24-18(22)17-19(25-20)26(21(28)23-17)10-6-9-14-7-5-8-15(12-14)13-16(27)29-2/h5,7-8,12H,3-4,6,9-11,13H2,1-2H3,(H,23,28)(H2,22,24,25). The van der Waals surface area contributed by atoms with Gasteiger partial charge in [0.15, 0.2) is 11.5 Å². The molecule has 1 aromatic carbocycles. The summed E-state index contributed by atoms with van der Waals surface area (Å²) in [6, 6.07) is 7.97. The number of esters is 1. The maximum Gasteiger partial charge on any atom is 0.327 e. The van der Waals surface area contributed by atoms with Gasteiger partial charge in [-0.3, -0.25) is 9.36 Å². The molecule has 0 saturated heterocycles. The number of unbranched alkanes of at least 4 members (excludes halogenated alkanes) is 1. The minimum absolute atomic E-state index is 0.178. The number of nitrogens with zero attached hydrogens (tertiary/aromatic N) is 3. The number of nitrogen functional groups attached to an aromatic ring is 1. The number of fused-ring (bicyclic) bond motifs is 1. The molecule has 0 aliphatic rings. The molecule has 0 amide bonds. The molecule has 0 fully saturated rings. The molecule has 0 atom stereocenters. The average Bonchev–Trinajstić information content (AvgIpc) is 3.04. The quantitative estimate of drug-likeness (QED) is 0.386. The van der Waals surface area contributed by atoms with Crippen LogP contribution in [0.2, 0.25) is 0 Å². The van der Waals surface area contributed by atoms with Crippen LogP contribution in [0.4, 0.5) is 5.82 Å². The fourth-order valence-corrected chi connectivity index (χ4v) is 3.19. The highest BCUT2D eigenvalue weighted by molar-refractivity contribution is 5.81. The lowest BCUT2D eigenvalue weighted by atomic mass is 10.0. The van der Waals surface area contributed by atoms with Gasteiger partial charge in [-0.05, 0) is 30.4 Å². The Morgan fingerprint density at radius 1 is 1.23 bits per heavy atom. The lowest BCUT2D eigenvalue weighted by molar-refractivity contribution is -0.139. The van der Waals surface area contributed by atoms with E-state index >= 15 is 0 Å². The van der Waals surface area contributed by atoms with Crippen molar-refractivity contribution in [3.63, 3.8) is 0 Å². The number of imidazole rings is 1. The molecule has 0 aliphatic carbocycles. The van der Waals surface area contributed by atoms with Gasteiger partial charge in [0.1, 0.15) is 5.52 Å². The van der Waals surface area contributed by atoms with Crippen LogP contribution < -0.4 is 16.2 Å². The summed E-state index contributed by atoms with van der Waals surface area (Å²) >= 11 is 0. The van der Waals surface area contributed by atoms with E-state index in [1.54, 1.807) is 4.57 Å². The third-order valence-corrected chi connectivity index (χ3v) is 4.77. The summed E-state index contributed by atoms with van der Waals surface area (Å²) in [5.41, 5.74) is 8.55. The number of aryl methyl sites for hydroxylation is 2. The SMILES string of the molecule is CCCCOc1nc(N)c2[nH]c(=O)n(CCCc3cccc(CC(=O)OC)c3)c2n1. The molecule has 0 saturated carbocycles. The first kappa shape index (κ1) is 21.4. The summed E-state index contributed by atoms with van der Waals surface area (Å²) in [6.07, 6.45) is 3.58. The second-order valence-electron chi connectivity index (χ2n) is 7.05. The Balaban J connectivity index is 1.71. The largest absolute Gasteiger partial charge is 0.469 e. The molecule has 0 unspecified atom stereocenters. The van der Waals surface area contributed by atoms with Crippen LogP contribution in [0.25, 0.3) is 11.2 Å². The van der Waals surface area contributed by atoms with Gasteiger partial charge in [0.05, 0.1) is 20.1 Å². The van der Waals surface area contributed by atoms with Gasteiger partial charge in [-0.25, -0.2) is 4.79 Å². The van der Waals surface area contributed by atoms with Gasteiger partial charge in [0.2, 0.25) is 0 Å². The number of H-pyrrole nitrogens is 1. The summed E-state index contributed by atoms with van der Waals surface area (Å²) in [7, 11) is 1.38. The number of hydrogen-bond donors (Lipinski definition) is 2. The van der Waals surface area contributed by atoms with Gasteiger partial charge in [-0.2, -0.15) is 9.97 Å². The van der Waals surface area contributed by atoms with Crippen molar-refractivity contribution < 1.29 is 14.3 Å². The fourth-order valence-electron chi connectivity index (χ4n) is 3.19. The van der Waals surface area contributed by atoms with Crippen molar-refractivity contribution in [2.75, 3.05) is 19.5 Å². The van der Waals surface area contributed by atoms with Gasteiger partial charge in [-0.15, -0.1) is 0 Å². The molecule has 3 rings (SSSR count). The van der Waals surface area contributed by atoms with Gasteiger partial charge in [-0.1, -0.05) is 37.6 Å². The summed E-state index contributed by atoms with van der Waals surface area (Å²) in [5, 5.41) is 0. The monoisotopic (exact) mass is 413 g/mol. The number of nitrogens with one attached hydrogen (secondary N) is 1. The van der Waals surface area contributed by atoms with E-state index in [4.69, 9.17) is 15.2 Å². The average molecular weight is 413 g/mol. The van der Waals surface area contributed by atoms with E-state index in [-0.39, 0.29) is 29.9 Å². The van der Waals surface area contributed by atoms with E-state index in [1.807, 2.05) is 24.3 Å². The number of carbonyl (C=O) groups excluding carboxylic acids is 1. The van der Waals surface area contributed by atoms with E-state index in [0.29, 0.717) is 30.7 Å². The number of hydrogen-bond acceptors (Lipinski definition) is 7. The maximum absolute atomic E-state index is 12.4. The minimum atomic E-state index is -0.281. The van der Waals surface area contributed by atoms with E-state index in [0.717, 1.165) is 30.4 Å². The highest BCUT2D eigenvalue weighted by Crippen LogP contribution is 2.18. The zero-order valence-electron chi connectivity index (χ0n) is 17.3. The van der Waals surface area contributed by atoms with Gasteiger partial charge < -0.3 is 20.2 Å². The zero-order chi connectivity index (χ0) is 21.5. The van der Waals surface area contributed by atoms with Crippen molar-refractivity contribution in [3.05, 3.63) is 45.9 Å². The predicted octanol–water partition coefficient (Wildman–Crippen LogP) is 2.23. The highest BCUT2D eigenvalue weighted by atomic mass is 16.5. The molecule has 9 heteroatoms. The molecule has 3 aromatic rings. The third kappa shape index (κ3) is 5.16. The van der Waals surface area contributed by atoms with Crippen molar-refractivity contribution in [3.8, 4) is 6.01 Å². The molecule has 0 aliphatic heterocycles. The molecule has 0 spiro atoms. The van der Waals surface area contributed by atoms with Crippen molar-refractivity contribution in [1.82, 2.24) is 19.5 Å². The van der Waals surface area contributed by atoms with Crippen LogP contribution in [0, 0.1) is 0 Å². The molecule has 160 valence electrons. The van der Waals surface area contributed by atoms with Crippen LogP contribution in [-0.2, 0) is 28.9 Å². The normalized spacial score (nSPS) is 11.0. The molecule has 2 aromatic heterocycles. The molecule has 2 heterocycles. The lowest BCUT2D eigenvalue weighted by Crippen LogP contribution is -2.17. The van der Waals surface area contributed by atoms with Crippen LogP contribution in [0.1, 0.15) is 37.3 Å². The molecular formula is C21H27N5O4. The summed E-state index contributed by atoms with van der Waals surface area (Å²) in [4.78, 5) is 35.1. The fraction of sp³-hybridized carbons (Fsp3) is 0.429. The number of benzene rings is 1. The lowest BCUT2D eigenvalue weighted by Gasteiger charge is -2.07. The van der Waals surface area contributed by atoms with Crippen molar-refractivity contribution in [1.29, 1.82) is 0 Å². The Labute approximate surface area is 174 Å². The number of aromatic nitrogens is 4. The Hall–Kier alpha value is -3.36. The summed E-state index contributed by atoms with van der Waals surface area (Å²) in [6.45, 7) is 3.03. The molecular weight excluding hydrogens is 386 g/mol. The van der Waals surface area contributed by atoms with Crippen LogP contribution in [0.15, 0.2) is 29.1 Å². The topological polar surface area (TPSA) is 125 Å². The molecule has 30 heavy (non-hydrogen) atoms. The first-order valence-corrected chi connectivity index (χ1v) is 10.0. The van der Waals surface area contributed by atoms with E-state index in [9.17, 15) is 9.59 Å². The summed E-state index contributed by atoms with van der Waals surface area (Å²) < 4.78 is 11.8. The Morgan fingerprint density at radius 3 is 2.80 bits per heavy atom. The van der Waals surface area contributed by atoms with Crippen molar-refractivity contribution in [2.24, 2.45) is 0 Å². The van der Waals surface area contributed by atoms with Crippen LogP contribution in [0.5, 0.6) is 6.01 Å². The third-order valence-electron chi connectivity index (χ3n) is 4.77. The summed E-state index contributed by atoms with van der Waals surface area (Å²) in [5.74, 6) is -0.0791. The van der Waals surface area contributed by atoms with Crippen molar-refractivity contribution in [2.45, 2.75) is 45.6 Å². The predicted molar refractivity (Wildman–Crippen MR) is 113 cm³/mol. The number of aromatic amines is 1. The first-order valence-electron chi connectivity index (χ1n) is 10.0. The molecule has 3 N–H and O–H groups in total. The van der Waals surface area contributed by atoms with Crippen LogP contribution in [-0.4, -0.2) is 39.2 Å². The molecule has 0 radical (unpaired) electrons. The number of methoxy groups -OCH3 is 1. The molecule has 0 bridgehead atoms. The number of carbonyl (C=O) groups is 1. The van der Waals surface area contributed by atoms with E-state index in [1.165, 1.54) is 7.11 Å². The molecule has 9 nitrogen and oxygen atoms in total. The number of rotatable bonds is 10. The number of anilines is 1. The Morgan fingerprint density at radius 2 is 2.03 bits per heavy atom. The highest BCUT2D eigenvalue weighted by Gasteiger charge is 2.14. The second-order valence-corrected chi connectivity index (χ2v) is 7.05. The van der Waals surface area contributed by atoms with Gasteiger partial charge >= 0.3 is 17.7 Å².